The summed E-state index contributed by atoms with van der Waals surface area (Å²) < 4.78 is 13.7. The molecule has 3 heteroatoms. The van der Waals surface area contributed by atoms with Crippen LogP contribution in [0.15, 0.2) is 89.9 Å². The average Bonchev–Trinajstić information content (AvgIpc) is 2.81. The summed E-state index contributed by atoms with van der Waals surface area (Å²) >= 11 is 0. The molecule has 6 rings (SSSR count). The molecular formula is C27H27FN2. The van der Waals surface area contributed by atoms with Crippen LogP contribution >= 0.6 is 0 Å². The molecule has 3 aromatic rings. The molecule has 3 saturated heterocycles. The Kier molecular flexibility index (Phi) is 5.46. The van der Waals surface area contributed by atoms with E-state index in [0.717, 1.165) is 18.7 Å². The molecule has 0 aromatic heterocycles. The smallest absolute Gasteiger partial charge is 0.123 e. The van der Waals surface area contributed by atoms with Crippen LogP contribution < -0.4 is 0 Å². The quantitative estimate of drug-likeness (QED) is 0.515. The van der Waals surface area contributed by atoms with Crippen molar-refractivity contribution >= 4 is 6.21 Å². The molecule has 3 fully saturated rings. The summed E-state index contributed by atoms with van der Waals surface area (Å²) in [5, 5.41) is 0. The minimum Gasteiger partial charge on any atom is -0.297 e. The third-order valence-corrected chi connectivity index (χ3v) is 6.73. The number of hydrogen-bond acceptors (Lipinski definition) is 2. The maximum atomic E-state index is 13.7. The Balaban J connectivity index is 1.55. The Morgan fingerprint density at radius 1 is 0.833 bits per heavy atom. The number of fused-ring (bicyclic) bond motifs is 3. The SMILES string of the molecule is Fc1cccc(/C=N\C2C3CCN(CC3)C2C(c2ccccc2)c2ccccc2)c1. The minimum atomic E-state index is -0.212. The number of benzene rings is 3. The van der Waals surface area contributed by atoms with E-state index in [4.69, 9.17) is 4.99 Å². The number of hydrogen-bond donors (Lipinski definition) is 0. The highest BCUT2D eigenvalue weighted by Gasteiger charge is 2.46. The van der Waals surface area contributed by atoms with Crippen LogP contribution in [0, 0.1) is 11.7 Å². The molecule has 3 aliphatic heterocycles. The van der Waals surface area contributed by atoms with E-state index < -0.39 is 0 Å². The van der Waals surface area contributed by atoms with E-state index in [-0.39, 0.29) is 17.8 Å². The predicted molar refractivity (Wildman–Crippen MR) is 121 cm³/mol. The zero-order chi connectivity index (χ0) is 20.3. The van der Waals surface area contributed by atoms with Crippen molar-refractivity contribution in [1.82, 2.24) is 4.90 Å². The number of halogens is 1. The zero-order valence-corrected chi connectivity index (χ0v) is 17.1. The molecular weight excluding hydrogens is 371 g/mol. The normalized spacial score (nSPS) is 25.8. The van der Waals surface area contributed by atoms with Gasteiger partial charge in [-0.3, -0.25) is 9.89 Å². The Morgan fingerprint density at radius 2 is 1.47 bits per heavy atom. The van der Waals surface area contributed by atoms with Crippen molar-refractivity contribution in [2.45, 2.75) is 30.8 Å². The van der Waals surface area contributed by atoms with Gasteiger partial charge in [-0.1, -0.05) is 72.8 Å². The highest BCUT2D eigenvalue weighted by molar-refractivity contribution is 5.79. The maximum absolute atomic E-state index is 13.7. The van der Waals surface area contributed by atoms with Crippen LogP contribution in [0.2, 0.25) is 0 Å². The first-order valence-corrected chi connectivity index (χ1v) is 10.9. The number of nitrogens with zero attached hydrogens (tertiary/aromatic N) is 2. The van der Waals surface area contributed by atoms with Crippen LogP contribution in [-0.4, -0.2) is 36.3 Å². The molecule has 0 radical (unpaired) electrons. The number of piperidine rings is 3. The third-order valence-electron chi connectivity index (χ3n) is 6.73. The van der Waals surface area contributed by atoms with Crippen molar-refractivity contribution in [3.63, 3.8) is 0 Å². The Morgan fingerprint density at radius 3 is 2.07 bits per heavy atom. The first kappa shape index (κ1) is 19.2. The Labute approximate surface area is 178 Å². The highest BCUT2D eigenvalue weighted by Crippen LogP contribution is 2.43. The molecule has 0 aliphatic carbocycles. The first-order valence-electron chi connectivity index (χ1n) is 10.9. The average molecular weight is 399 g/mol. The van der Waals surface area contributed by atoms with Crippen LogP contribution in [0.5, 0.6) is 0 Å². The molecule has 0 N–H and O–H groups in total. The van der Waals surface area contributed by atoms with Gasteiger partial charge in [0.05, 0.1) is 6.04 Å². The maximum Gasteiger partial charge on any atom is 0.123 e. The van der Waals surface area contributed by atoms with Crippen LogP contribution in [0.4, 0.5) is 4.39 Å². The van der Waals surface area contributed by atoms with Crippen molar-refractivity contribution in [1.29, 1.82) is 0 Å². The van der Waals surface area contributed by atoms with Gasteiger partial charge in [0.1, 0.15) is 5.82 Å². The molecule has 30 heavy (non-hydrogen) atoms. The van der Waals surface area contributed by atoms with Gasteiger partial charge < -0.3 is 0 Å². The molecule has 2 nitrogen and oxygen atoms in total. The molecule has 0 spiro atoms. The number of aliphatic imine (C=N–C) groups is 1. The van der Waals surface area contributed by atoms with Gasteiger partial charge in [-0.25, -0.2) is 4.39 Å². The monoisotopic (exact) mass is 398 g/mol. The van der Waals surface area contributed by atoms with E-state index in [1.807, 2.05) is 12.3 Å². The van der Waals surface area contributed by atoms with E-state index >= 15 is 0 Å². The lowest BCUT2D eigenvalue weighted by Crippen LogP contribution is -2.59. The topological polar surface area (TPSA) is 15.6 Å². The van der Waals surface area contributed by atoms with Crippen LogP contribution in [0.3, 0.4) is 0 Å². The lowest BCUT2D eigenvalue weighted by molar-refractivity contribution is 0.0215. The Bertz CT molecular complexity index is 954. The second-order valence-corrected chi connectivity index (χ2v) is 8.49. The van der Waals surface area contributed by atoms with Crippen molar-refractivity contribution in [2.75, 3.05) is 13.1 Å². The number of rotatable bonds is 5. The molecule has 2 bridgehead atoms. The van der Waals surface area contributed by atoms with E-state index in [1.54, 1.807) is 12.1 Å². The molecule has 3 heterocycles. The third kappa shape index (κ3) is 3.82. The summed E-state index contributed by atoms with van der Waals surface area (Å²) in [7, 11) is 0. The van der Waals surface area contributed by atoms with Gasteiger partial charge in [0.2, 0.25) is 0 Å². The van der Waals surface area contributed by atoms with Gasteiger partial charge in [-0.2, -0.15) is 0 Å². The van der Waals surface area contributed by atoms with Crippen LogP contribution in [0.25, 0.3) is 0 Å². The molecule has 0 saturated carbocycles. The van der Waals surface area contributed by atoms with Crippen LogP contribution in [-0.2, 0) is 0 Å². The van der Waals surface area contributed by atoms with Gasteiger partial charge >= 0.3 is 0 Å². The first-order chi connectivity index (χ1) is 14.8. The standard InChI is InChI=1S/C27H27FN2/c28-24-13-7-8-20(18-24)19-29-26-23-14-16-30(17-15-23)27(26)25(21-9-3-1-4-10-21)22-11-5-2-6-12-22/h1-13,18-19,23,25-27H,14-17H2/b29-19-. The van der Waals surface area contributed by atoms with Gasteiger partial charge in [-0.05, 0) is 60.7 Å². The highest BCUT2D eigenvalue weighted by atomic mass is 19.1. The van der Waals surface area contributed by atoms with Gasteiger partial charge in [0.15, 0.2) is 0 Å². The Hall–Kier alpha value is -2.78. The molecule has 152 valence electrons. The van der Waals surface area contributed by atoms with Crippen molar-refractivity contribution in [3.8, 4) is 0 Å². The molecule has 3 aromatic carbocycles. The summed E-state index contributed by atoms with van der Waals surface area (Å²) in [5.41, 5.74) is 3.51. The van der Waals surface area contributed by atoms with Gasteiger partial charge in [-0.15, -0.1) is 0 Å². The fourth-order valence-electron chi connectivity index (χ4n) is 5.34. The molecule has 3 aliphatic rings. The molecule has 2 atom stereocenters. The lowest BCUT2D eigenvalue weighted by Gasteiger charge is -2.52. The van der Waals surface area contributed by atoms with Crippen molar-refractivity contribution < 1.29 is 4.39 Å². The fourth-order valence-corrected chi connectivity index (χ4v) is 5.34. The second kappa shape index (κ2) is 8.53. The molecule has 2 unspecified atom stereocenters. The molecule has 0 amide bonds. The van der Waals surface area contributed by atoms with E-state index in [0.29, 0.717) is 12.0 Å². The fraction of sp³-hybridized carbons (Fsp3) is 0.296. The van der Waals surface area contributed by atoms with Gasteiger partial charge in [0.25, 0.3) is 0 Å². The predicted octanol–water partition coefficient (Wildman–Crippen LogP) is 5.54. The van der Waals surface area contributed by atoms with E-state index in [2.05, 4.69) is 65.6 Å². The van der Waals surface area contributed by atoms with Gasteiger partial charge in [0, 0.05) is 18.2 Å². The zero-order valence-electron chi connectivity index (χ0n) is 17.1. The summed E-state index contributed by atoms with van der Waals surface area (Å²) in [4.78, 5) is 7.73. The van der Waals surface area contributed by atoms with Crippen molar-refractivity contribution in [2.24, 2.45) is 10.9 Å². The van der Waals surface area contributed by atoms with E-state index in [1.165, 1.54) is 30.0 Å². The summed E-state index contributed by atoms with van der Waals surface area (Å²) in [6.45, 7) is 2.27. The largest absolute Gasteiger partial charge is 0.297 e. The van der Waals surface area contributed by atoms with Crippen LogP contribution in [0.1, 0.15) is 35.4 Å². The summed E-state index contributed by atoms with van der Waals surface area (Å²) in [6.07, 6.45) is 4.27. The second-order valence-electron chi connectivity index (χ2n) is 8.49. The van der Waals surface area contributed by atoms with E-state index in [9.17, 15) is 4.39 Å². The van der Waals surface area contributed by atoms with Crippen molar-refractivity contribution in [3.05, 3.63) is 107 Å². The minimum absolute atomic E-state index is 0.209. The summed E-state index contributed by atoms with van der Waals surface area (Å²) in [5.74, 6) is 0.640. The lowest BCUT2D eigenvalue weighted by atomic mass is 9.71. The summed E-state index contributed by atoms with van der Waals surface area (Å²) in [6, 6.07) is 28.9.